The van der Waals surface area contributed by atoms with E-state index in [1.807, 2.05) is 0 Å². The topological polar surface area (TPSA) is 55.1 Å². The Hall–Kier alpha value is -2.17. The number of carboxylic acid groups (broad SMARTS) is 1. The summed E-state index contributed by atoms with van der Waals surface area (Å²) in [5.41, 5.74) is 1.07. The summed E-state index contributed by atoms with van der Waals surface area (Å²) >= 11 is 0. The van der Waals surface area contributed by atoms with Crippen molar-refractivity contribution in [2.24, 2.45) is 0 Å². The minimum Gasteiger partial charge on any atom is -0.481 e. The molecule has 0 amide bonds. The number of aromatic nitrogens is 2. The smallest absolute Gasteiger partial charge is 0.303 e. The van der Waals surface area contributed by atoms with Crippen LogP contribution in [0.2, 0.25) is 0 Å². The van der Waals surface area contributed by atoms with Gasteiger partial charge >= 0.3 is 5.97 Å². The Kier molecular flexibility index (Phi) is 3.41. The van der Waals surface area contributed by atoms with Crippen molar-refractivity contribution in [2.75, 3.05) is 0 Å². The monoisotopic (exact) mass is 248 g/mol. The van der Waals surface area contributed by atoms with Gasteiger partial charge in [0, 0.05) is 12.6 Å². The summed E-state index contributed by atoms with van der Waals surface area (Å²) in [6.07, 6.45) is 2.04. The van der Waals surface area contributed by atoms with Gasteiger partial charge in [-0.15, -0.1) is 0 Å². The molecule has 1 aromatic carbocycles. The number of benzene rings is 1. The maximum absolute atomic E-state index is 13.6. The normalized spacial score (nSPS) is 10.6. The van der Waals surface area contributed by atoms with Crippen molar-refractivity contribution in [3.8, 4) is 5.69 Å². The first-order valence-electron chi connectivity index (χ1n) is 5.59. The van der Waals surface area contributed by atoms with Crippen molar-refractivity contribution in [3.63, 3.8) is 0 Å². The molecule has 0 aliphatic carbocycles. The fraction of sp³-hybridized carbons (Fsp3) is 0.231. The van der Waals surface area contributed by atoms with Gasteiger partial charge in [0.2, 0.25) is 0 Å². The minimum absolute atomic E-state index is 0.0216. The Morgan fingerprint density at radius 2 is 2.17 bits per heavy atom. The third-order valence-electron chi connectivity index (χ3n) is 2.64. The highest BCUT2D eigenvalue weighted by atomic mass is 19.1. The Labute approximate surface area is 104 Å². The minimum atomic E-state index is -0.868. The molecule has 5 heteroatoms. The lowest BCUT2D eigenvalue weighted by molar-refractivity contribution is -0.136. The van der Waals surface area contributed by atoms with Crippen LogP contribution in [0, 0.1) is 12.7 Å². The summed E-state index contributed by atoms with van der Waals surface area (Å²) < 4.78 is 15.3. The molecular formula is C13H13FN2O2. The van der Waals surface area contributed by atoms with Crippen LogP contribution in [0.15, 0.2) is 30.5 Å². The lowest BCUT2D eigenvalue weighted by Gasteiger charge is -2.05. The third-order valence-corrected chi connectivity index (χ3v) is 2.64. The fourth-order valence-electron chi connectivity index (χ4n) is 1.78. The lowest BCUT2D eigenvalue weighted by Crippen LogP contribution is -1.98. The van der Waals surface area contributed by atoms with Crippen LogP contribution in [-0.4, -0.2) is 20.6 Å². The molecule has 0 atom stereocenters. The molecule has 2 rings (SSSR count). The number of carboxylic acids is 1. The fourth-order valence-corrected chi connectivity index (χ4v) is 1.78. The number of halogens is 1. The van der Waals surface area contributed by atoms with Gasteiger partial charge in [-0.05, 0) is 19.1 Å². The third kappa shape index (κ3) is 2.56. The molecule has 94 valence electrons. The quantitative estimate of drug-likeness (QED) is 0.903. The van der Waals surface area contributed by atoms with Gasteiger partial charge in [0.25, 0.3) is 0 Å². The number of hydrogen-bond acceptors (Lipinski definition) is 2. The highest BCUT2D eigenvalue weighted by Crippen LogP contribution is 2.16. The standard InChI is InChI=1S/C13H13FN2O2/c1-9-15-10(6-7-13(17)18)8-16(9)12-5-3-2-4-11(12)14/h2-5,8H,6-7H2,1H3,(H,17,18). The van der Waals surface area contributed by atoms with Crippen molar-refractivity contribution >= 4 is 5.97 Å². The molecule has 4 nitrogen and oxygen atoms in total. The zero-order chi connectivity index (χ0) is 13.1. The molecule has 0 saturated heterocycles. The maximum atomic E-state index is 13.6. The van der Waals surface area contributed by atoms with Crippen LogP contribution in [-0.2, 0) is 11.2 Å². The van der Waals surface area contributed by atoms with Crippen LogP contribution in [0.4, 0.5) is 4.39 Å². The number of aryl methyl sites for hydroxylation is 2. The molecule has 0 bridgehead atoms. The largest absolute Gasteiger partial charge is 0.481 e. The molecule has 1 N–H and O–H groups in total. The Bertz CT molecular complexity index is 578. The Balaban J connectivity index is 2.30. The van der Waals surface area contributed by atoms with Gasteiger partial charge in [-0.25, -0.2) is 9.37 Å². The van der Waals surface area contributed by atoms with E-state index in [4.69, 9.17) is 5.11 Å². The van der Waals surface area contributed by atoms with Crippen LogP contribution in [0.25, 0.3) is 5.69 Å². The van der Waals surface area contributed by atoms with E-state index in [0.717, 1.165) is 0 Å². The summed E-state index contributed by atoms with van der Waals surface area (Å²) in [5.74, 6) is -0.559. The molecule has 1 aromatic heterocycles. The van der Waals surface area contributed by atoms with E-state index in [1.165, 1.54) is 6.07 Å². The van der Waals surface area contributed by atoms with Crippen molar-refractivity contribution in [3.05, 3.63) is 47.8 Å². The molecule has 0 saturated carbocycles. The highest BCUT2D eigenvalue weighted by molar-refractivity contribution is 5.66. The first-order valence-corrected chi connectivity index (χ1v) is 5.59. The molecule has 2 aromatic rings. The SMILES string of the molecule is Cc1nc(CCC(=O)O)cn1-c1ccccc1F. The van der Waals surface area contributed by atoms with Crippen LogP contribution in [0.3, 0.4) is 0 Å². The molecule has 0 radical (unpaired) electrons. The molecule has 0 spiro atoms. The summed E-state index contributed by atoms with van der Waals surface area (Å²) in [6.45, 7) is 1.76. The van der Waals surface area contributed by atoms with Gasteiger partial charge in [-0.2, -0.15) is 0 Å². The molecule has 0 fully saturated rings. The predicted molar refractivity (Wildman–Crippen MR) is 64.2 cm³/mol. The molecule has 0 unspecified atom stereocenters. The van der Waals surface area contributed by atoms with Crippen LogP contribution >= 0.6 is 0 Å². The summed E-state index contributed by atoms with van der Waals surface area (Å²) in [6, 6.07) is 6.40. The summed E-state index contributed by atoms with van der Waals surface area (Å²) in [7, 11) is 0. The second-order valence-corrected chi connectivity index (χ2v) is 3.99. The predicted octanol–water partition coefficient (Wildman–Crippen LogP) is 2.34. The number of para-hydroxylation sites is 1. The second kappa shape index (κ2) is 5.00. The van der Waals surface area contributed by atoms with E-state index >= 15 is 0 Å². The number of carbonyl (C=O) groups is 1. The molecule has 18 heavy (non-hydrogen) atoms. The summed E-state index contributed by atoms with van der Waals surface area (Å²) in [5, 5.41) is 8.62. The first-order chi connectivity index (χ1) is 8.58. The zero-order valence-electron chi connectivity index (χ0n) is 9.93. The number of rotatable bonds is 4. The maximum Gasteiger partial charge on any atom is 0.303 e. The van der Waals surface area contributed by atoms with E-state index < -0.39 is 5.97 Å². The second-order valence-electron chi connectivity index (χ2n) is 3.99. The number of hydrogen-bond donors (Lipinski definition) is 1. The molecular weight excluding hydrogens is 235 g/mol. The van der Waals surface area contributed by atoms with Gasteiger partial charge in [-0.1, -0.05) is 12.1 Å². The number of aliphatic carboxylic acids is 1. The molecule has 0 aliphatic heterocycles. The van der Waals surface area contributed by atoms with Gasteiger partial charge in [0.1, 0.15) is 11.6 Å². The van der Waals surface area contributed by atoms with Gasteiger partial charge in [0.05, 0.1) is 17.8 Å². The lowest BCUT2D eigenvalue weighted by atomic mass is 10.2. The zero-order valence-corrected chi connectivity index (χ0v) is 9.93. The average molecular weight is 248 g/mol. The number of nitrogens with zero attached hydrogens (tertiary/aromatic N) is 2. The highest BCUT2D eigenvalue weighted by Gasteiger charge is 2.10. The van der Waals surface area contributed by atoms with Crippen molar-refractivity contribution in [1.29, 1.82) is 0 Å². The molecule has 1 heterocycles. The van der Waals surface area contributed by atoms with Crippen molar-refractivity contribution in [1.82, 2.24) is 9.55 Å². The van der Waals surface area contributed by atoms with E-state index in [1.54, 1.807) is 35.9 Å². The van der Waals surface area contributed by atoms with Gasteiger partial charge < -0.3 is 9.67 Å². The van der Waals surface area contributed by atoms with Crippen LogP contribution in [0.1, 0.15) is 17.9 Å². The first kappa shape index (κ1) is 12.3. The Morgan fingerprint density at radius 3 is 2.83 bits per heavy atom. The number of imidazole rings is 1. The van der Waals surface area contributed by atoms with E-state index in [9.17, 15) is 9.18 Å². The van der Waals surface area contributed by atoms with E-state index in [2.05, 4.69) is 4.98 Å². The van der Waals surface area contributed by atoms with Gasteiger partial charge in [0.15, 0.2) is 0 Å². The average Bonchev–Trinajstić information content (AvgIpc) is 2.69. The van der Waals surface area contributed by atoms with E-state index in [-0.39, 0.29) is 12.2 Å². The van der Waals surface area contributed by atoms with Crippen LogP contribution in [0.5, 0.6) is 0 Å². The summed E-state index contributed by atoms with van der Waals surface area (Å²) in [4.78, 5) is 14.7. The van der Waals surface area contributed by atoms with Gasteiger partial charge in [-0.3, -0.25) is 4.79 Å². The van der Waals surface area contributed by atoms with E-state index in [0.29, 0.717) is 23.6 Å². The Morgan fingerprint density at radius 1 is 1.44 bits per heavy atom. The molecule has 0 aliphatic rings. The van der Waals surface area contributed by atoms with Crippen LogP contribution < -0.4 is 0 Å². The van der Waals surface area contributed by atoms with Crippen molar-refractivity contribution in [2.45, 2.75) is 19.8 Å². The van der Waals surface area contributed by atoms with Crippen molar-refractivity contribution < 1.29 is 14.3 Å².